The highest BCUT2D eigenvalue weighted by Gasteiger charge is 2.22. The molecule has 6 nitrogen and oxygen atoms in total. The van der Waals surface area contributed by atoms with E-state index < -0.39 is 0 Å². The van der Waals surface area contributed by atoms with Gasteiger partial charge in [0.2, 0.25) is 11.7 Å². The van der Waals surface area contributed by atoms with Crippen LogP contribution in [0.15, 0.2) is 34.2 Å². The van der Waals surface area contributed by atoms with Gasteiger partial charge in [-0.15, -0.1) is 22.7 Å². The number of amides is 1. The number of carbonyl (C=O) groups excluding carboxylic acids is 1. The highest BCUT2D eigenvalue weighted by atomic mass is 32.1. The zero-order valence-corrected chi connectivity index (χ0v) is 16.9. The number of aromatic nitrogens is 2. The van der Waals surface area contributed by atoms with Gasteiger partial charge < -0.3 is 9.42 Å². The third-order valence-electron chi connectivity index (χ3n) is 4.69. The fourth-order valence-electron chi connectivity index (χ4n) is 3.20. The molecule has 0 saturated carbocycles. The lowest BCUT2D eigenvalue weighted by Crippen LogP contribution is -2.48. The van der Waals surface area contributed by atoms with Crippen molar-refractivity contribution in [3.63, 3.8) is 0 Å². The molecule has 1 saturated heterocycles. The summed E-state index contributed by atoms with van der Waals surface area (Å²) in [6.07, 6.45) is 1.76. The average Bonchev–Trinajstić information content (AvgIpc) is 3.43. The summed E-state index contributed by atoms with van der Waals surface area (Å²) in [5, 5.41) is 6.06. The van der Waals surface area contributed by atoms with Crippen LogP contribution in [0.25, 0.3) is 10.7 Å². The summed E-state index contributed by atoms with van der Waals surface area (Å²) in [6.45, 7) is 6.43. The van der Waals surface area contributed by atoms with Crippen molar-refractivity contribution in [3.8, 4) is 10.7 Å². The van der Waals surface area contributed by atoms with E-state index in [1.807, 2.05) is 41.5 Å². The highest BCUT2D eigenvalue weighted by molar-refractivity contribution is 7.14. The predicted octanol–water partition coefficient (Wildman–Crippen LogP) is 3.56. The Balaban J connectivity index is 1.20. The molecule has 0 aromatic carbocycles. The zero-order chi connectivity index (χ0) is 18.6. The van der Waals surface area contributed by atoms with Crippen molar-refractivity contribution in [2.24, 2.45) is 0 Å². The van der Waals surface area contributed by atoms with Crippen molar-refractivity contribution in [2.45, 2.75) is 19.8 Å². The molecule has 1 aliphatic heterocycles. The third kappa shape index (κ3) is 4.45. The van der Waals surface area contributed by atoms with Crippen LogP contribution < -0.4 is 0 Å². The van der Waals surface area contributed by atoms with Crippen LogP contribution in [0, 0.1) is 6.92 Å². The second-order valence-corrected chi connectivity index (χ2v) is 8.87. The van der Waals surface area contributed by atoms with E-state index >= 15 is 0 Å². The molecule has 0 spiro atoms. The van der Waals surface area contributed by atoms with E-state index in [9.17, 15) is 4.79 Å². The smallest absolute Gasteiger partial charge is 0.264 e. The number of nitrogens with zero attached hydrogens (tertiary/aromatic N) is 4. The zero-order valence-electron chi connectivity index (χ0n) is 15.3. The first kappa shape index (κ1) is 18.3. The summed E-state index contributed by atoms with van der Waals surface area (Å²) in [5.74, 6) is 1.54. The summed E-state index contributed by atoms with van der Waals surface area (Å²) in [4.78, 5) is 24.4. The molecule has 0 N–H and O–H groups in total. The fourth-order valence-corrected chi connectivity index (χ4v) is 4.68. The van der Waals surface area contributed by atoms with Crippen LogP contribution >= 0.6 is 22.7 Å². The van der Waals surface area contributed by atoms with Gasteiger partial charge in [0.15, 0.2) is 0 Å². The van der Waals surface area contributed by atoms with Gasteiger partial charge in [-0.3, -0.25) is 9.69 Å². The van der Waals surface area contributed by atoms with E-state index in [2.05, 4.69) is 15.0 Å². The number of piperazine rings is 1. The molecule has 0 unspecified atom stereocenters. The van der Waals surface area contributed by atoms with Crippen LogP contribution in [0.2, 0.25) is 0 Å². The third-order valence-corrected chi connectivity index (χ3v) is 6.54. The van der Waals surface area contributed by atoms with Gasteiger partial charge in [0, 0.05) is 37.5 Å². The lowest BCUT2D eigenvalue weighted by molar-refractivity contribution is 0.0640. The molecule has 1 aliphatic rings. The molecule has 1 amide bonds. The van der Waals surface area contributed by atoms with E-state index in [-0.39, 0.29) is 5.91 Å². The van der Waals surface area contributed by atoms with Crippen molar-refractivity contribution in [1.29, 1.82) is 0 Å². The van der Waals surface area contributed by atoms with Gasteiger partial charge in [-0.2, -0.15) is 4.98 Å². The lowest BCUT2D eigenvalue weighted by atomic mass is 10.2. The second kappa shape index (κ2) is 8.33. The predicted molar refractivity (Wildman–Crippen MR) is 107 cm³/mol. The maximum Gasteiger partial charge on any atom is 0.264 e. The molecule has 3 aromatic heterocycles. The molecule has 3 aromatic rings. The van der Waals surface area contributed by atoms with Crippen LogP contribution in [0.1, 0.15) is 26.9 Å². The first-order chi connectivity index (χ1) is 13.2. The number of carbonyl (C=O) groups is 1. The topological polar surface area (TPSA) is 62.5 Å². The monoisotopic (exact) mass is 402 g/mol. The Kier molecular flexibility index (Phi) is 5.66. The SMILES string of the molecule is Cc1ccc(C(=O)N2CCN(CCCc3nc(-c4cccs4)no3)CC2)s1. The van der Waals surface area contributed by atoms with Gasteiger partial charge in [0.1, 0.15) is 0 Å². The van der Waals surface area contributed by atoms with Gasteiger partial charge in [-0.25, -0.2) is 0 Å². The Morgan fingerprint density at radius 3 is 2.78 bits per heavy atom. The molecule has 27 heavy (non-hydrogen) atoms. The Hall–Kier alpha value is -2.03. The van der Waals surface area contributed by atoms with E-state index in [1.165, 1.54) is 4.88 Å². The molecule has 0 aliphatic carbocycles. The fraction of sp³-hybridized carbons (Fsp3) is 0.421. The molecule has 1 fully saturated rings. The normalized spacial score (nSPS) is 15.4. The summed E-state index contributed by atoms with van der Waals surface area (Å²) in [5.41, 5.74) is 0. The maximum atomic E-state index is 12.5. The van der Waals surface area contributed by atoms with Crippen LogP contribution in [-0.2, 0) is 6.42 Å². The molecule has 4 heterocycles. The molecule has 8 heteroatoms. The largest absolute Gasteiger partial charge is 0.339 e. The van der Waals surface area contributed by atoms with Crippen LogP contribution in [0.5, 0.6) is 0 Å². The second-order valence-electron chi connectivity index (χ2n) is 6.64. The summed E-state index contributed by atoms with van der Waals surface area (Å²) in [6, 6.07) is 7.93. The van der Waals surface area contributed by atoms with E-state index in [4.69, 9.17) is 4.52 Å². The highest BCUT2D eigenvalue weighted by Crippen LogP contribution is 2.22. The van der Waals surface area contributed by atoms with Crippen LogP contribution in [-0.4, -0.2) is 58.6 Å². The Bertz CT molecular complexity index is 879. The first-order valence-electron chi connectivity index (χ1n) is 9.13. The first-order valence-corrected chi connectivity index (χ1v) is 10.8. The van der Waals surface area contributed by atoms with Gasteiger partial charge in [0.05, 0.1) is 9.75 Å². The Morgan fingerprint density at radius 1 is 1.22 bits per heavy atom. The Labute approximate surface area is 166 Å². The molecule has 142 valence electrons. The number of thiophene rings is 2. The van der Waals surface area contributed by atoms with E-state index in [0.29, 0.717) is 11.7 Å². The number of aryl methyl sites for hydroxylation is 2. The number of hydrogen-bond acceptors (Lipinski definition) is 7. The van der Waals surface area contributed by atoms with Crippen molar-refractivity contribution in [3.05, 3.63) is 45.3 Å². The summed E-state index contributed by atoms with van der Waals surface area (Å²) in [7, 11) is 0. The molecular weight excluding hydrogens is 380 g/mol. The molecule has 0 atom stereocenters. The number of hydrogen-bond donors (Lipinski definition) is 0. The maximum absolute atomic E-state index is 12.5. The van der Waals surface area contributed by atoms with Gasteiger partial charge in [-0.05, 0) is 43.5 Å². The minimum Gasteiger partial charge on any atom is -0.339 e. The van der Waals surface area contributed by atoms with Gasteiger partial charge in [-0.1, -0.05) is 11.2 Å². The lowest BCUT2D eigenvalue weighted by Gasteiger charge is -2.34. The molecule has 4 rings (SSSR count). The van der Waals surface area contributed by atoms with E-state index in [0.717, 1.165) is 55.3 Å². The number of rotatable bonds is 6. The van der Waals surface area contributed by atoms with Gasteiger partial charge >= 0.3 is 0 Å². The minimum absolute atomic E-state index is 0.166. The quantitative estimate of drug-likeness (QED) is 0.631. The molecule has 0 radical (unpaired) electrons. The Morgan fingerprint density at radius 2 is 2.07 bits per heavy atom. The molecule has 0 bridgehead atoms. The summed E-state index contributed by atoms with van der Waals surface area (Å²) >= 11 is 3.19. The van der Waals surface area contributed by atoms with Crippen LogP contribution in [0.4, 0.5) is 0 Å². The van der Waals surface area contributed by atoms with Crippen molar-refractivity contribution >= 4 is 28.6 Å². The van der Waals surface area contributed by atoms with Crippen LogP contribution in [0.3, 0.4) is 0 Å². The standard InChI is InChI=1S/C19H22N4O2S2/c1-14-6-7-16(27-14)19(24)23-11-9-22(10-12-23)8-2-5-17-20-18(21-25-17)15-4-3-13-26-15/h3-4,6-7,13H,2,5,8-12H2,1H3. The summed E-state index contributed by atoms with van der Waals surface area (Å²) < 4.78 is 5.35. The minimum atomic E-state index is 0.166. The van der Waals surface area contributed by atoms with Crippen molar-refractivity contribution in [2.75, 3.05) is 32.7 Å². The van der Waals surface area contributed by atoms with Crippen molar-refractivity contribution in [1.82, 2.24) is 19.9 Å². The average molecular weight is 403 g/mol. The molecular formula is C19H22N4O2S2. The van der Waals surface area contributed by atoms with E-state index in [1.54, 1.807) is 22.7 Å². The van der Waals surface area contributed by atoms with Crippen molar-refractivity contribution < 1.29 is 9.32 Å². The van der Waals surface area contributed by atoms with Gasteiger partial charge in [0.25, 0.3) is 5.91 Å².